The lowest BCUT2D eigenvalue weighted by Crippen LogP contribution is -2.30. The molecule has 0 saturated heterocycles. The van der Waals surface area contributed by atoms with Crippen molar-refractivity contribution in [2.75, 3.05) is 13.2 Å². The van der Waals surface area contributed by atoms with Gasteiger partial charge in [-0.3, -0.25) is 4.79 Å². The smallest absolute Gasteiger partial charge is 0.358 e. The Morgan fingerprint density at radius 3 is 2.67 bits per heavy atom. The maximum absolute atomic E-state index is 12.1. The summed E-state index contributed by atoms with van der Waals surface area (Å²) in [5.74, 6) is -0.901. The molecule has 1 N–H and O–H groups in total. The van der Waals surface area contributed by atoms with Crippen molar-refractivity contribution < 1.29 is 14.3 Å². The predicted octanol–water partition coefficient (Wildman–Crippen LogP) is 3.95. The molecule has 3 rings (SSSR count). The van der Waals surface area contributed by atoms with Crippen LogP contribution in [0.15, 0.2) is 47.2 Å². The third kappa shape index (κ3) is 5.48. The van der Waals surface area contributed by atoms with Crippen LogP contribution in [0.1, 0.15) is 27.9 Å². The Labute approximate surface area is 166 Å². The van der Waals surface area contributed by atoms with Gasteiger partial charge in [0.2, 0.25) is 0 Å². The van der Waals surface area contributed by atoms with Gasteiger partial charge in [-0.05, 0) is 29.9 Å². The monoisotopic (exact) mass is 400 g/mol. The van der Waals surface area contributed by atoms with Crippen molar-refractivity contribution in [1.29, 1.82) is 0 Å². The molecule has 140 valence electrons. The van der Waals surface area contributed by atoms with Gasteiger partial charge >= 0.3 is 5.97 Å². The van der Waals surface area contributed by atoms with E-state index in [1.165, 1.54) is 21.8 Å². The molecule has 0 aliphatic heterocycles. The van der Waals surface area contributed by atoms with Gasteiger partial charge in [0.1, 0.15) is 5.01 Å². The van der Waals surface area contributed by atoms with Crippen LogP contribution in [-0.2, 0) is 22.4 Å². The first-order valence-electron chi connectivity index (χ1n) is 8.66. The van der Waals surface area contributed by atoms with Crippen molar-refractivity contribution in [3.05, 3.63) is 63.3 Å². The number of carbonyl (C=O) groups is 2. The number of benzene rings is 1. The number of hydrogen-bond acceptors (Lipinski definition) is 6. The summed E-state index contributed by atoms with van der Waals surface area (Å²) in [5, 5.41) is 7.15. The molecule has 5 nitrogen and oxygen atoms in total. The standard InChI is InChI=1S/C20H20N2O3S2/c1-2-14-5-7-15(8-6-14)19-22-17(13-27-19)20(24)25-12-18(23)21-10-9-16-4-3-11-26-16/h3-8,11,13H,2,9-10,12H2,1H3,(H,21,23). The quantitative estimate of drug-likeness (QED) is 0.582. The van der Waals surface area contributed by atoms with Gasteiger partial charge in [-0.2, -0.15) is 0 Å². The number of nitrogens with one attached hydrogen (secondary N) is 1. The van der Waals surface area contributed by atoms with Crippen LogP contribution >= 0.6 is 22.7 Å². The van der Waals surface area contributed by atoms with E-state index in [1.807, 2.05) is 29.6 Å². The van der Waals surface area contributed by atoms with Crippen LogP contribution in [0.3, 0.4) is 0 Å². The van der Waals surface area contributed by atoms with Crippen molar-refractivity contribution in [3.8, 4) is 10.6 Å². The average molecular weight is 401 g/mol. The third-order valence-electron chi connectivity index (χ3n) is 3.93. The molecule has 2 aromatic heterocycles. The number of rotatable bonds is 8. The molecule has 7 heteroatoms. The summed E-state index contributed by atoms with van der Waals surface area (Å²) in [7, 11) is 0. The lowest BCUT2D eigenvalue weighted by molar-refractivity contribution is -0.124. The number of thiophene rings is 1. The number of hydrogen-bond donors (Lipinski definition) is 1. The van der Waals surface area contributed by atoms with Crippen LogP contribution < -0.4 is 5.32 Å². The highest BCUT2D eigenvalue weighted by Gasteiger charge is 2.15. The maximum Gasteiger partial charge on any atom is 0.358 e. The van der Waals surface area contributed by atoms with E-state index >= 15 is 0 Å². The summed E-state index contributed by atoms with van der Waals surface area (Å²) in [6, 6.07) is 12.1. The number of esters is 1. The van der Waals surface area contributed by atoms with Crippen LogP contribution in [0.25, 0.3) is 10.6 Å². The van der Waals surface area contributed by atoms with Gasteiger partial charge in [0.05, 0.1) is 0 Å². The van der Waals surface area contributed by atoms with Gasteiger partial charge in [0.15, 0.2) is 12.3 Å². The third-order valence-corrected chi connectivity index (χ3v) is 5.76. The molecule has 0 aliphatic carbocycles. The van der Waals surface area contributed by atoms with Gasteiger partial charge in [0.25, 0.3) is 5.91 Å². The van der Waals surface area contributed by atoms with Crippen molar-refractivity contribution in [1.82, 2.24) is 10.3 Å². The maximum atomic E-state index is 12.1. The van der Waals surface area contributed by atoms with Gasteiger partial charge in [-0.25, -0.2) is 9.78 Å². The fourth-order valence-electron chi connectivity index (χ4n) is 2.42. The molecule has 0 saturated carbocycles. The normalized spacial score (nSPS) is 10.6. The van der Waals surface area contributed by atoms with Crippen LogP contribution in [0.4, 0.5) is 0 Å². The molecule has 3 aromatic rings. The number of thiazole rings is 1. The Morgan fingerprint density at radius 1 is 1.15 bits per heavy atom. The number of carbonyl (C=O) groups excluding carboxylic acids is 2. The molecule has 0 spiro atoms. The Kier molecular flexibility index (Phi) is 6.73. The highest BCUT2D eigenvalue weighted by Crippen LogP contribution is 2.24. The molecule has 1 aromatic carbocycles. The van der Waals surface area contributed by atoms with Gasteiger partial charge in [-0.15, -0.1) is 22.7 Å². The summed E-state index contributed by atoms with van der Waals surface area (Å²) in [4.78, 5) is 29.4. The Balaban J connectivity index is 1.46. The van der Waals surface area contributed by atoms with Gasteiger partial charge < -0.3 is 10.1 Å². The fourth-order valence-corrected chi connectivity index (χ4v) is 3.92. The van der Waals surface area contributed by atoms with Crippen LogP contribution in [0, 0.1) is 0 Å². The summed E-state index contributed by atoms with van der Waals surface area (Å²) >= 11 is 3.03. The second-order valence-corrected chi connectivity index (χ2v) is 7.73. The summed E-state index contributed by atoms with van der Waals surface area (Å²) in [6.45, 7) is 2.32. The summed E-state index contributed by atoms with van der Waals surface area (Å²) in [5.41, 5.74) is 2.43. The van der Waals surface area contributed by atoms with Crippen LogP contribution in [0.2, 0.25) is 0 Å². The highest BCUT2D eigenvalue weighted by atomic mass is 32.1. The summed E-state index contributed by atoms with van der Waals surface area (Å²) in [6.07, 6.45) is 1.74. The SMILES string of the molecule is CCc1ccc(-c2nc(C(=O)OCC(=O)NCCc3cccs3)cs2)cc1. The van der Waals surface area contributed by atoms with Crippen molar-refractivity contribution in [2.45, 2.75) is 19.8 Å². The van der Waals surface area contributed by atoms with Crippen LogP contribution in [0.5, 0.6) is 0 Å². The zero-order valence-corrected chi connectivity index (χ0v) is 16.6. The zero-order valence-electron chi connectivity index (χ0n) is 14.9. The predicted molar refractivity (Wildman–Crippen MR) is 108 cm³/mol. The minimum absolute atomic E-state index is 0.223. The Hall–Kier alpha value is -2.51. The van der Waals surface area contributed by atoms with Gasteiger partial charge in [0, 0.05) is 22.4 Å². The molecular formula is C20H20N2O3S2. The minimum Gasteiger partial charge on any atom is -0.451 e. The van der Waals surface area contributed by atoms with Crippen LogP contribution in [-0.4, -0.2) is 30.0 Å². The van der Waals surface area contributed by atoms with E-state index in [0.717, 1.165) is 23.4 Å². The van der Waals surface area contributed by atoms with Crippen molar-refractivity contribution in [3.63, 3.8) is 0 Å². The van der Waals surface area contributed by atoms with Gasteiger partial charge in [-0.1, -0.05) is 37.3 Å². The number of aryl methyl sites for hydroxylation is 1. The number of amides is 1. The van der Waals surface area contributed by atoms with Crippen molar-refractivity contribution >= 4 is 34.6 Å². The number of nitrogens with zero attached hydrogens (tertiary/aromatic N) is 1. The Morgan fingerprint density at radius 2 is 1.96 bits per heavy atom. The summed E-state index contributed by atoms with van der Waals surface area (Å²) < 4.78 is 5.06. The van der Waals surface area contributed by atoms with E-state index in [4.69, 9.17) is 4.74 Å². The van der Waals surface area contributed by atoms with E-state index in [2.05, 4.69) is 29.4 Å². The average Bonchev–Trinajstić information content (AvgIpc) is 3.38. The number of aromatic nitrogens is 1. The molecule has 1 amide bonds. The van der Waals surface area contributed by atoms with E-state index in [9.17, 15) is 9.59 Å². The molecule has 2 heterocycles. The zero-order chi connectivity index (χ0) is 19.1. The first-order chi connectivity index (χ1) is 13.2. The topological polar surface area (TPSA) is 68.3 Å². The largest absolute Gasteiger partial charge is 0.451 e. The van der Waals surface area contributed by atoms with Crippen molar-refractivity contribution in [2.24, 2.45) is 0 Å². The highest BCUT2D eigenvalue weighted by molar-refractivity contribution is 7.13. The lowest BCUT2D eigenvalue weighted by atomic mass is 10.1. The molecule has 0 fully saturated rings. The number of ether oxygens (including phenoxy) is 1. The molecule has 27 heavy (non-hydrogen) atoms. The first-order valence-corrected chi connectivity index (χ1v) is 10.4. The molecule has 0 radical (unpaired) electrons. The molecule has 0 aliphatic rings. The molecule has 0 atom stereocenters. The fraction of sp³-hybridized carbons (Fsp3) is 0.250. The second kappa shape index (κ2) is 9.43. The molecule has 0 bridgehead atoms. The minimum atomic E-state index is -0.587. The Bertz CT molecular complexity index is 886. The second-order valence-electron chi connectivity index (χ2n) is 5.84. The first kappa shape index (κ1) is 19.3. The van der Waals surface area contributed by atoms with E-state index in [0.29, 0.717) is 6.54 Å². The molecular weight excluding hydrogens is 380 g/mol. The van der Waals surface area contributed by atoms with E-state index < -0.39 is 5.97 Å². The van der Waals surface area contributed by atoms with E-state index in [-0.39, 0.29) is 18.2 Å². The lowest BCUT2D eigenvalue weighted by Gasteiger charge is -2.05. The van der Waals surface area contributed by atoms with E-state index in [1.54, 1.807) is 16.7 Å². The molecule has 0 unspecified atom stereocenters.